The molecule has 1 unspecified atom stereocenters. The maximum atomic E-state index is 13.2. The van der Waals surface area contributed by atoms with E-state index in [4.69, 9.17) is 0 Å². The Bertz CT molecular complexity index is 561. The molecule has 0 amide bonds. The molecule has 0 fully saturated rings. The standard InChI is InChI=1S/C14H16F2N2O/c1-3-12-8-13(18(4-2)17-12)14(19)9-5-10(15)7-11(16)6-9/h5-8,14,19H,3-4H2,1-2H3. The number of aryl methyl sites for hydroxylation is 2. The molecule has 0 saturated heterocycles. The zero-order valence-corrected chi connectivity index (χ0v) is 10.9. The fraction of sp³-hybridized carbons (Fsp3) is 0.357. The van der Waals surface area contributed by atoms with Gasteiger partial charge in [0, 0.05) is 12.6 Å². The third-order valence-corrected chi connectivity index (χ3v) is 3.00. The molecule has 0 saturated carbocycles. The highest BCUT2D eigenvalue weighted by Gasteiger charge is 2.18. The van der Waals surface area contributed by atoms with Crippen LogP contribution in [0.25, 0.3) is 0 Å². The number of halogens is 2. The van der Waals surface area contributed by atoms with Crippen molar-refractivity contribution in [1.29, 1.82) is 0 Å². The summed E-state index contributed by atoms with van der Waals surface area (Å²) in [6.07, 6.45) is -0.345. The number of nitrogens with zero attached hydrogens (tertiary/aromatic N) is 2. The molecule has 0 aliphatic rings. The van der Waals surface area contributed by atoms with Crippen LogP contribution in [-0.2, 0) is 13.0 Å². The van der Waals surface area contributed by atoms with Crippen LogP contribution in [0, 0.1) is 11.6 Å². The van der Waals surface area contributed by atoms with Gasteiger partial charge in [-0.1, -0.05) is 6.92 Å². The van der Waals surface area contributed by atoms with Crippen molar-refractivity contribution in [2.45, 2.75) is 32.9 Å². The molecule has 1 atom stereocenters. The molecule has 1 aromatic heterocycles. The lowest BCUT2D eigenvalue weighted by molar-refractivity contribution is 0.207. The van der Waals surface area contributed by atoms with Gasteiger partial charge in [0.2, 0.25) is 0 Å². The summed E-state index contributed by atoms with van der Waals surface area (Å²) in [5.74, 6) is -1.40. The Morgan fingerprint density at radius 2 is 1.79 bits per heavy atom. The summed E-state index contributed by atoms with van der Waals surface area (Å²) in [5.41, 5.74) is 1.58. The highest BCUT2D eigenvalue weighted by atomic mass is 19.1. The van der Waals surface area contributed by atoms with Crippen LogP contribution < -0.4 is 0 Å². The van der Waals surface area contributed by atoms with Crippen molar-refractivity contribution in [3.8, 4) is 0 Å². The Morgan fingerprint density at radius 1 is 1.16 bits per heavy atom. The van der Waals surface area contributed by atoms with E-state index in [1.165, 1.54) is 0 Å². The first-order chi connectivity index (χ1) is 9.05. The largest absolute Gasteiger partial charge is 0.382 e. The summed E-state index contributed by atoms with van der Waals surface area (Å²) in [5, 5.41) is 14.6. The molecule has 1 heterocycles. The predicted octanol–water partition coefficient (Wildman–Crippen LogP) is 2.83. The van der Waals surface area contributed by atoms with Crippen LogP contribution in [0.5, 0.6) is 0 Å². The normalized spacial score (nSPS) is 12.7. The molecule has 1 N–H and O–H groups in total. The second-order valence-electron chi connectivity index (χ2n) is 4.34. The Kier molecular flexibility index (Phi) is 3.95. The first-order valence-corrected chi connectivity index (χ1v) is 6.25. The summed E-state index contributed by atoms with van der Waals surface area (Å²) >= 11 is 0. The van der Waals surface area contributed by atoms with Gasteiger partial charge in [-0.25, -0.2) is 8.78 Å². The fourth-order valence-electron chi connectivity index (χ4n) is 2.04. The van der Waals surface area contributed by atoms with E-state index in [0.29, 0.717) is 12.2 Å². The Hall–Kier alpha value is -1.75. The van der Waals surface area contributed by atoms with E-state index < -0.39 is 17.7 Å². The molecule has 0 aliphatic carbocycles. The van der Waals surface area contributed by atoms with Crippen LogP contribution >= 0.6 is 0 Å². The lowest BCUT2D eigenvalue weighted by Gasteiger charge is -2.12. The number of benzene rings is 1. The number of hydrogen-bond donors (Lipinski definition) is 1. The molecular formula is C14H16F2N2O. The molecule has 0 spiro atoms. The Labute approximate surface area is 110 Å². The fourth-order valence-corrected chi connectivity index (χ4v) is 2.04. The maximum absolute atomic E-state index is 13.2. The molecule has 19 heavy (non-hydrogen) atoms. The monoisotopic (exact) mass is 266 g/mol. The average molecular weight is 266 g/mol. The second kappa shape index (κ2) is 5.48. The van der Waals surface area contributed by atoms with Crippen LogP contribution in [0.4, 0.5) is 8.78 Å². The molecule has 5 heteroatoms. The van der Waals surface area contributed by atoms with Gasteiger partial charge in [-0.3, -0.25) is 4.68 Å². The number of aromatic nitrogens is 2. The number of aliphatic hydroxyl groups excluding tert-OH is 1. The van der Waals surface area contributed by atoms with Crippen molar-refractivity contribution in [2.75, 3.05) is 0 Å². The molecule has 0 radical (unpaired) electrons. The van der Waals surface area contributed by atoms with Crippen LogP contribution in [0.1, 0.15) is 36.9 Å². The predicted molar refractivity (Wildman–Crippen MR) is 67.7 cm³/mol. The van der Waals surface area contributed by atoms with Gasteiger partial charge in [-0.15, -0.1) is 0 Å². The number of rotatable bonds is 4. The Morgan fingerprint density at radius 3 is 2.32 bits per heavy atom. The van der Waals surface area contributed by atoms with Crippen LogP contribution in [0.2, 0.25) is 0 Å². The van der Waals surface area contributed by atoms with E-state index >= 15 is 0 Å². The van der Waals surface area contributed by atoms with Gasteiger partial charge in [0.25, 0.3) is 0 Å². The van der Waals surface area contributed by atoms with Gasteiger partial charge >= 0.3 is 0 Å². The topological polar surface area (TPSA) is 38.0 Å². The summed E-state index contributed by atoms with van der Waals surface area (Å²) in [6, 6.07) is 4.81. The van der Waals surface area contributed by atoms with Crippen molar-refractivity contribution in [3.05, 3.63) is 52.9 Å². The van der Waals surface area contributed by atoms with Crippen LogP contribution in [-0.4, -0.2) is 14.9 Å². The second-order valence-corrected chi connectivity index (χ2v) is 4.34. The van der Waals surface area contributed by atoms with E-state index in [-0.39, 0.29) is 5.56 Å². The molecule has 2 rings (SSSR count). The number of aliphatic hydroxyl groups is 1. The van der Waals surface area contributed by atoms with E-state index in [9.17, 15) is 13.9 Å². The zero-order valence-electron chi connectivity index (χ0n) is 10.9. The average Bonchev–Trinajstić information content (AvgIpc) is 2.80. The SMILES string of the molecule is CCc1cc(C(O)c2cc(F)cc(F)c2)n(CC)n1. The zero-order chi connectivity index (χ0) is 14.0. The van der Waals surface area contributed by atoms with Crippen molar-refractivity contribution >= 4 is 0 Å². The minimum atomic E-state index is -1.09. The van der Waals surface area contributed by atoms with Crippen LogP contribution in [0.3, 0.4) is 0 Å². The van der Waals surface area contributed by atoms with Crippen LogP contribution in [0.15, 0.2) is 24.3 Å². The lowest BCUT2D eigenvalue weighted by Crippen LogP contribution is -2.09. The molecular weight excluding hydrogens is 250 g/mol. The van der Waals surface area contributed by atoms with Gasteiger partial charge in [-0.2, -0.15) is 5.10 Å². The summed E-state index contributed by atoms with van der Waals surface area (Å²) < 4.78 is 28.0. The first kappa shape index (κ1) is 13.7. The Balaban J connectivity index is 2.42. The molecule has 102 valence electrons. The smallest absolute Gasteiger partial charge is 0.126 e. The molecule has 0 aliphatic heterocycles. The highest BCUT2D eigenvalue weighted by Crippen LogP contribution is 2.24. The third-order valence-electron chi connectivity index (χ3n) is 3.00. The van der Waals surface area contributed by atoms with Crippen molar-refractivity contribution in [2.24, 2.45) is 0 Å². The van der Waals surface area contributed by atoms with E-state index in [1.54, 1.807) is 10.7 Å². The summed E-state index contributed by atoms with van der Waals surface area (Å²) in [6.45, 7) is 4.44. The van der Waals surface area contributed by atoms with Gasteiger partial charge in [0.05, 0.1) is 11.4 Å². The van der Waals surface area contributed by atoms with Gasteiger partial charge in [0.1, 0.15) is 17.7 Å². The molecule has 3 nitrogen and oxygen atoms in total. The third kappa shape index (κ3) is 2.81. The summed E-state index contributed by atoms with van der Waals surface area (Å²) in [7, 11) is 0. The first-order valence-electron chi connectivity index (χ1n) is 6.25. The lowest BCUT2D eigenvalue weighted by atomic mass is 10.1. The minimum absolute atomic E-state index is 0.190. The molecule has 1 aromatic carbocycles. The van der Waals surface area contributed by atoms with Gasteiger partial charge < -0.3 is 5.11 Å². The highest BCUT2D eigenvalue weighted by molar-refractivity contribution is 5.28. The molecule has 0 bridgehead atoms. The van der Waals surface area contributed by atoms with Crippen molar-refractivity contribution in [1.82, 2.24) is 9.78 Å². The van der Waals surface area contributed by atoms with E-state index in [0.717, 1.165) is 30.3 Å². The van der Waals surface area contributed by atoms with Gasteiger partial charge in [-0.05, 0) is 37.1 Å². The maximum Gasteiger partial charge on any atom is 0.126 e. The van der Waals surface area contributed by atoms with Crippen molar-refractivity contribution < 1.29 is 13.9 Å². The minimum Gasteiger partial charge on any atom is -0.382 e. The number of hydrogen-bond acceptors (Lipinski definition) is 2. The molecule has 2 aromatic rings. The summed E-state index contributed by atoms with van der Waals surface area (Å²) in [4.78, 5) is 0. The van der Waals surface area contributed by atoms with Crippen molar-refractivity contribution in [3.63, 3.8) is 0 Å². The van der Waals surface area contributed by atoms with E-state index in [1.807, 2.05) is 13.8 Å². The quantitative estimate of drug-likeness (QED) is 0.924. The van der Waals surface area contributed by atoms with E-state index in [2.05, 4.69) is 5.10 Å². The van der Waals surface area contributed by atoms with Gasteiger partial charge in [0.15, 0.2) is 0 Å².